The van der Waals surface area contributed by atoms with E-state index in [9.17, 15) is 4.79 Å². The van der Waals surface area contributed by atoms with Crippen molar-refractivity contribution >= 4 is 5.91 Å². The fourth-order valence-corrected chi connectivity index (χ4v) is 1.39. The molecule has 0 aromatic carbocycles. The molecule has 0 unspecified atom stereocenters. The molecule has 0 bridgehead atoms. The molecule has 16 heavy (non-hydrogen) atoms. The van der Waals surface area contributed by atoms with Crippen LogP contribution in [0.15, 0.2) is 12.4 Å². The Balaban J connectivity index is 2.32. The second-order valence-electron chi connectivity index (χ2n) is 3.61. The lowest BCUT2D eigenvalue weighted by Gasteiger charge is -2.12. The van der Waals surface area contributed by atoms with Crippen LogP contribution >= 0.6 is 0 Å². The number of pyridine rings is 1. The van der Waals surface area contributed by atoms with Crippen LogP contribution < -0.4 is 14.8 Å². The van der Waals surface area contributed by atoms with Gasteiger partial charge in [-0.1, -0.05) is 0 Å². The van der Waals surface area contributed by atoms with Crippen molar-refractivity contribution in [2.24, 2.45) is 0 Å². The normalized spacial score (nSPS) is 14.4. The Morgan fingerprint density at radius 3 is 2.81 bits per heavy atom. The number of hydrogen-bond acceptors (Lipinski definition) is 4. The van der Waals surface area contributed by atoms with E-state index in [4.69, 9.17) is 9.47 Å². The first kappa shape index (κ1) is 10.7. The van der Waals surface area contributed by atoms with Crippen molar-refractivity contribution in [1.82, 2.24) is 10.3 Å². The second-order valence-corrected chi connectivity index (χ2v) is 3.61. The van der Waals surface area contributed by atoms with Crippen LogP contribution in [-0.4, -0.2) is 31.2 Å². The van der Waals surface area contributed by atoms with Gasteiger partial charge in [0.05, 0.1) is 19.4 Å². The number of rotatable bonds is 4. The van der Waals surface area contributed by atoms with Crippen LogP contribution in [0.25, 0.3) is 0 Å². The molecule has 1 amide bonds. The van der Waals surface area contributed by atoms with E-state index in [1.54, 1.807) is 13.2 Å². The van der Waals surface area contributed by atoms with Crippen molar-refractivity contribution < 1.29 is 14.3 Å². The molecule has 0 saturated heterocycles. The van der Waals surface area contributed by atoms with Crippen LogP contribution in [0.1, 0.15) is 23.2 Å². The molecule has 1 fully saturated rings. The van der Waals surface area contributed by atoms with Crippen LogP contribution in [0.2, 0.25) is 0 Å². The minimum Gasteiger partial charge on any atom is -0.492 e. The number of methoxy groups -OCH3 is 1. The van der Waals surface area contributed by atoms with E-state index in [0.717, 1.165) is 12.8 Å². The fraction of sp³-hybridized carbons (Fsp3) is 0.455. The van der Waals surface area contributed by atoms with Gasteiger partial charge in [0.2, 0.25) is 0 Å². The van der Waals surface area contributed by atoms with Gasteiger partial charge in [0, 0.05) is 13.2 Å². The molecule has 0 aliphatic heterocycles. The summed E-state index contributed by atoms with van der Waals surface area (Å²) in [6, 6.07) is 0. The van der Waals surface area contributed by atoms with Gasteiger partial charge < -0.3 is 14.8 Å². The van der Waals surface area contributed by atoms with Gasteiger partial charge in [-0.25, -0.2) is 0 Å². The van der Waals surface area contributed by atoms with Gasteiger partial charge >= 0.3 is 0 Å². The predicted molar refractivity (Wildman–Crippen MR) is 57.8 cm³/mol. The highest BCUT2D eigenvalue weighted by atomic mass is 16.5. The van der Waals surface area contributed by atoms with E-state index < -0.39 is 0 Å². The van der Waals surface area contributed by atoms with Crippen molar-refractivity contribution in [3.05, 3.63) is 18.0 Å². The largest absolute Gasteiger partial charge is 0.492 e. The molecular weight excluding hydrogens is 208 g/mol. The number of aromatic nitrogens is 1. The summed E-state index contributed by atoms with van der Waals surface area (Å²) in [5.41, 5.74) is 0.392. The molecule has 1 N–H and O–H groups in total. The number of carbonyl (C=O) groups is 1. The van der Waals surface area contributed by atoms with Crippen LogP contribution in [0.4, 0.5) is 0 Å². The summed E-state index contributed by atoms with van der Waals surface area (Å²) in [7, 11) is 3.08. The molecule has 0 atom stereocenters. The average Bonchev–Trinajstić information content (AvgIpc) is 3.11. The Hall–Kier alpha value is -1.78. The zero-order chi connectivity index (χ0) is 11.5. The minimum absolute atomic E-state index is 0.231. The number of ether oxygens (including phenoxy) is 2. The summed E-state index contributed by atoms with van der Waals surface area (Å²) in [4.78, 5) is 15.5. The Bertz CT molecular complexity index is 402. The van der Waals surface area contributed by atoms with E-state index in [0.29, 0.717) is 17.1 Å². The summed E-state index contributed by atoms with van der Waals surface area (Å²) in [6.45, 7) is 0. The number of carbonyl (C=O) groups excluding carboxylic acids is 1. The third-order valence-electron chi connectivity index (χ3n) is 2.36. The van der Waals surface area contributed by atoms with Crippen molar-refractivity contribution in [3.8, 4) is 11.5 Å². The van der Waals surface area contributed by atoms with E-state index in [1.807, 2.05) is 0 Å². The fourth-order valence-electron chi connectivity index (χ4n) is 1.39. The van der Waals surface area contributed by atoms with Crippen LogP contribution in [0.3, 0.4) is 0 Å². The SMILES string of the molecule is CNC(=O)c1cncc(OC2CC2)c1OC. The standard InChI is InChI=1S/C11H14N2O3/c1-12-11(14)8-5-13-6-9(10(8)15-2)16-7-3-4-7/h5-7H,3-4H2,1-2H3,(H,12,14). The predicted octanol–water partition coefficient (Wildman–Crippen LogP) is 0.991. The summed E-state index contributed by atoms with van der Waals surface area (Å²) in [5, 5.41) is 2.54. The molecule has 86 valence electrons. The first-order valence-corrected chi connectivity index (χ1v) is 5.17. The molecule has 5 nitrogen and oxygen atoms in total. The number of nitrogens with one attached hydrogen (secondary N) is 1. The first-order valence-electron chi connectivity index (χ1n) is 5.17. The zero-order valence-electron chi connectivity index (χ0n) is 9.32. The lowest BCUT2D eigenvalue weighted by Crippen LogP contribution is -2.19. The highest BCUT2D eigenvalue weighted by molar-refractivity contribution is 5.97. The molecule has 1 aliphatic rings. The van der Waals surface area contributed by atoms with Gasteiger partial charge in [0.1, 0.15) is 5.56 Å². The molecule has 1 saturated carbocycles. The number of nitrogens with zero attached hydrogens (tertiary/aromatic N) is 1. The molecule has 0 spiro atoms. The smallest absolute Gasteiger partial charge is 0.256 e. The van der Waals surface area contributed by atoms with E-state index in [2.05, 4.69) is 10.3 Å². The maximum Gasteiger partial charge on any atom is 0.256 e. The van der Waals surface area contributed by atoms with Gasteiger partial charge in [0.25, 0.3) is 5.91 Å². The summed E-state index contributed by atoms with van der Waals surface area (Å²) in [5.74, 6) is 0.748. The van der Waals surface area contributed by atoms with Crippen LogP contribution in [-0.2, 0) is 0 Å². The van der Waals surface area contributed by atoms with Gasteiger partial charge in [-0.3, -0.25) is 9.78 Å². The Morgan fingerprint density at radius 2 is 2.25 bits per heavy atom. The van der Waals surface area contributed by atoms with Gasteiger partial charge in [-0.05, 0) is 12.8 Å². The van der Waals surface area contributed by atoms with Crippen molar-refractivity contribution in [2.45, 2.75) is 18.9 Å². The lowest BCUT2D eigenvalue weighted by molar-refractivity contribution is 0.0958. The quantitative estimate of drug-likeness (QED) is 0.825. The summed E-state index contributed by atoms with van der Waals surface area (Å²) in [6.07, 6.45) is 5.39. The third kappa shape index (κ3) is 2.08. The minimum atomic E-state index is -0.231. The van der Waals surface area contributed by atoms with Crippen LogP contribution in [0, 0.1) is 0 Å². The van der Waals surface area contributed by atoms with Crippen molar-refractivity contribution in [3.63, 3.8) is 0 Å². The van der Waals surface area contributed by atoms with E-state index >= 15 is 0 Å². The molecule has 5 heteroatoms. The number of hydrogen-bond donors (Lipinski definition) is 1. The Labute approximate surface area is 93.8 Å². The maximum absolute atomic E-state index is 11.6. The molecule has 1 aliphatic carbocycles. The maximum atomic E-state index is 11.6. The lowest BCUT2D eigenvalue weighted by atomic mass is 10.2. The molecule has 1 heterocycles. The van der Waals surface area contributed by atoms with Crippen LogP contribution in [0.5, 0.6) is 11.5 Å². The number of amides is 1. The molecule has 1 aromatic heterocycles. The van der Waals surface area contributed by atoms with Crippen molar-refractivity contribution in [1.29, 1.82) is 0 Å². The summed E-state index contributed by atoms with van der Waals surface area (Å²) < 4.78 is 10.8. The van der Waals surface area contributed by atoms with E-state index in [-0.39, 0.29) is 12.0 Å². The monoisotopic (exact) mass is 222 g/mol. The van der Waals surface area contributed by atoms with Gasteiger partial charge in [-0.2, -0.15) is 0 Å². The zero-order valence-corrected chi connectivity index (χ0v) is 9.32. The molecular formula is C11H14N2O3. The average molecular weight is 222 g/mol. The highest BCUT2D eigenvalue weighted by Gasteiger charge is 2.26. The first-order chi connectivity index (χ1) is 7.76. The second kappa shape index (κ2) is 4.38. The van der Waals surface area contributed by atoms with Crippen molar-refractivity contribution in [2.75, 3.05) is 14.2 Å². The molecule has 2 rings (SSSR count). The third-order valence-corrected chi connectivity index (χ3v) is 2.36. The van der Waals surface area contributed by atoms with Gasteiger partial charge in [-0.15, -0.1) is 0 Å². The van der Waals surface area contributed by atoms with E-state index in [1.165, 1.54) is 13.3 Å². The Kier molecular flexibility index (Phi) is 2.94. The Morgan fingerprint density at radius 1 is 1.50 bits per heavy atom. The molecule has 1 aromatic rings. The highest BCUT2D eigenvalue weighted by Crippen LogP contribution is 2.34. The molecule has 0 radical (unpaired) electrons. The van der Waals surface area contributed by atoms with Gasteiger partial charge in [0.15, 0.2) is 11.5 Å². The summed E-state index contributed by atoms with van der Waals surface area (Å²) >= 11 is 0. The topological polar surface area (TPSA) is 60.5 Å².